The van der Waals surface area contributed by atoms with Gasteiger partial charge in [-0.15, -0.1) is 0 Å². The molecule has 1 saturated carbocycles. The second-order valence-corrected chi connectivity index (χ2v) is 8.98. The van der Waals surface area contributed by atoms with E-state index in [0.29, 0.717) is 29.9 Å². The summed E-state index contributed by atoms with van der Waals surface area (Å²) in [4.78, 5) is 0.0915. The van der Waals surface area contributed by atoms with Crippen molar-refractivity contribution in [1.29, 1.82) is 0 Å². The van der Waals surface area contributed by atoms with E-state index >= 15 is 0 Å². The van der Waals surface area contributed by atoms with Crippen LogP contribution >= 0.6 is 11.6 Å². The van der Waals surface area contributed by atoms with Crippen molar-refractivity contribution in [1.82, 2.24) is 4.72 Å². The zero-order chi connectivity index (χ0) is 17.9. The monoisotopic (exact) mass is 388 g/mol. The highest BCUT2D eigenvalue weighted by Gasteiger charge is 2.27. The van der Waals surface area contributed by atoms with Gasteiger partial charge in [0.15, 0.2) is 0 Å². The van der Waals surface area contributed by atoms with Gasteiger partial charge in [-0.2, -0.15) is 0 Å². The van der Waals surface area contributed by atoms with Crippen LogP contribution in [0.5, 0.6) is 5.75 Å². The number of benzene rings is 1. The second-order valence-electron chi connectivity index (χ2n) is 6.86. The minimum Gasteiger partial charge on any atom is -0.492 e. The molecule has 0 spiro atoms. The van der Waals surface area contributed by atoms with E-state index in [4.69, 9.17) is 26.8 Å². The molecule has 1 saturated heterocycles. The van der Waals surface area contributed by atoms with Crippen molar-refractivity contribution in [3.8, 4) is 5.75 Å². The van der Waals surface area contributed by atoms with Crippen molar-refractivity contribution in [3.63, 3.8) is 0 Å². The standard InChI is InChI=1S/C17H25ClN2O4S/c18-13-1-6-16(24-11-12-7-8-23-10-12)17(9-13)25(21,22)20-15-4-2-14(19)3-5-15/h1,6,9,12,14-15,20H,2-5,7-8,10-11,19H2. The first-order chi connectivity index (χ1) is 11.9. The Hall–Kier alpha value is -0.860. The lowest BCUT2D eigenvalue weighted by Gasteiger charge is -2.27. The highest BCUT2D eigenvalue weighted by molar-refractivity contribution is 7.89. The zero-order valence-corrected chi connectivity index (χ0v) is 15.7. The molecule has 2 fully saturated rings. The molecule has 1 aliphatic heterocycles. The molecule has 0 radical (unpaired) electrons. The summed E-state index contributed by atoms with van der Waals surface area (Å²) in [6.45, 7) is 1.81. The molecular weight excluding hydrogens is 364 g/mol. The van der Waals surface area contributed by atoms with E-state index < -0.39 is 10.0 Å². The predicted molar refractivity (Wildman–Crippen MR) is 96.4 cm³/mol. The molecule has 0 aromatic heterocycles. The Balaban J connectivity index is 1.73. The third-order valence-corrected chi connectivity index (χ3v) is 6.56. The number of sulfonamides is 1. The van der Waals surface area contributed by atoms with Crippen LogP contribution < -0.4 is 15.2 Å². The first-order valence-corrected chi connectivity index (χ1v) is 10.6. The molecule has 1 heterocycles. The number of nitrogens with two attached hydrogens (primary N) is 1. The molecule has 1 aromatic carbocycles. The van der Waals surface area contributed by atoms with Crippen LogP contribution in [0.3, 0.4) is 0 Å². The number of nitrogens with one attached hydrogen (secondary N) is 1. The maximum atomic E-state index is 12.8. The number of hydrogen-bond donors (Lipinski definition) is 2. The van der Waals surface area contributed by atoms with E-state index in [1.807, 2.05) is 0 Å². The van der Waals surface area contributed by atoms with Crippen LogP contribution in [0.15, 0.2) is 23.1 Å². The van der Waals surface area contributed by atoms with Gasteiger partial charge >= 0.3 is 0 Å². The summed E-state index contributed by atoms with van der Waals surface area (Å²) in [5, 5.41) is 0.364. The predicted octanol–water partition coefficient (Wildman–Crippen LogP) is 2.30. The zero-order valence-electron chi connectivity index (χ0n) is 14.1. The summed E-state index contributed by atoms with van der Waals surface area (Å²) in [6, 6.07) is 4.77. The minimum atomic E-state index is -3.71. The van der Waals surface area contributed by atoms with Crippen LogP contribution in [0.2, 0.25) is 5.02 Å². The number of hydrogen-bond acceptors (Lipinski definition) is 5. The molecule has 140 valence electrons. The maximum Gasteiger partial charge on any atom is 0.244 e. The van der Waals surface area contributed by atoms with Crippen LogP contribution in [0.1, 0.15) is 32.1 Å². The smallest absolute Gasteiger partial charge is 0.244 e. The van der Waals surface area contributed by atoms with E-state index in [2.05, 4.69) is 4.72 Å². The molecule has 6 nitrogen and oxygen atoms in total. The fraction of sp³-hybridized carbons (Fsp3) is 0.647. The fourth-order valence-electron chi connectivity index (χ4n) is 3.25. The van der Waals surface area contributed by atoms with Crippen LogP contribution in [-0.4, -0.2) is 40.3 Å². The average Bonchev–Trinajstić information content (AvgIpc) is 3.09. The van der Waals surface area contributed by atoms with Crippen LogP contribution in [0.4, 0.5) is 0 Å². The summed E-state index contributed by atoms with van der Waals surface area (Å²) in [5.74, 6) is 0.621. The molecule has 2 aliphatic rings. The summed E-state index contributed by atoms with van der Waals surface area (Å²) >= 11 is 6.03. The van der Waals surface area contributed by atoms with Crippen LogP contribution in [0.25, 0.3) is 0 Å². The Bertz CT molecular complexity index is 684. The molecule has 25 heavy (non-hydrogen) atoms. The van der Waals surface area contributed by atoms with E-state index in [1.165, 1.54) is 6.07 Å². The molecule has 1 aromatic rings. The molecule has 0 amide bonds. The van der Waals surface area contributed by atoms with Crippen molar-refractivity contribution in [2.75, 3.05) is 19.8 Å². The van der Waals surface area contributed by atoms with Gasteiger partial charge in [0.25, 0.3) is 0 Å². The van der Waals surface area contributed by atoms with Crippen molar-refractivity contribution in [2.45, 2.75) is 49.1 Å². The maximum absolute atomic E-state index is 12.8. The summed E-state index contributed by atoms with van der Waals surface area (Å²) in [6.07, 6.45) is 4.07. The Morgan fingerprint density at radius 2 is 2.00 bits per heavy atom. The lowest BCUT2D eigenvalue weighted by atomic mass is 9.93. The molecule has 0 bridgehead atoms. The Kier molecular flexibility index (Phi) is 6.22. The Labute approximate surface area is 154 Å². The van der Waals surface area contributed by atoms with Gasteiger partial charge in [-0.3, -0.25) is 0 Å². The van der Waals surface area contributed by atoms with Crippen molar-refractivity contribution < 1.29 is 17.9 Å². The van der Waals surface area contributed by atoms with E-state index in [9.17, 15) is 8.42 Å². The normalized spacial score (nSPS) is 27.4. The SMILES string of the molecule is NC1CCC(NS(=O)(=O)c2cc(Cl)ccc2OCC2CCOC2)CC1. The average molecular weight is 389 g/mol. The molecule has 3 rings (SSSR count). The van der Waals surface area contributed by atoms with E-state index in [-0.39, 0.29) is 17.0 Å². The minimum absolute atomic E-state index is 0.0915. The van der Waals surface area contributed by atoms with Gasteiger partial charge < -0.3 is 15.2 Å². The molecule has 1 atom stereocenters. The largest absolute Gasteiger partial charge is 0.492 e. The fourth-order valence-corrected chi connectivity index (χ4v) is 4.97. The van der Waals surface area contributed by atoms with Gasteiger partial charge in [-0.25, -0.2) is 13.1 Å². The molecule has 1 aliphatic carbocycles. The van der Waals surface area contributed by atoms with Gasteiger partial charge in [-0.1, -0.05) is 11.6 Å². The van der Waals surface area contributed by atoms with E-state index in [1.54, 1.807) is 12.1 Å². The van der Waals surface area contributed by atoms with Crippen LogP contribution in [0, 0.1) is 5.92 Å². The Morgan fingerprint density at radius 3 is 2.68 bits per heavy atom. The van der Waals surface area contributed by atoms with Gasteiger partial charge in [0, 0.05) is 29.6 Å². The van der Waals surface area contributed by atoms with E-state index in [0.717, 1.165) is 38.7 Å². The summed E-state index contributed by atoms with van der Waals surface area (Å²) in [7, 11) is -3.71. The van der Waals surface area contributed by atoms with Gasteiger partial charge in [0.1, 0.15) is 10.6 Å². The van der Waals surface area contributed by atoms with Gasteiger partial charge in [0.05, 0.1) is 13.2 Å². The summed E-state index contributed by atoms with van der Waals surface area (Å²) < 4.78 is 39.6. The number of rotatable bonds is 6. The lowest BCUT2D eigenvalue weighted by molar-refractivity contribution is 0.166. The Morgan fingerprint density at radius 1 is 1.24 bits per heavy atom. The van der Waals surface area contributed by atoms with Crippen molar-refractivity contribution in [2.24, 2.45) is 11.7 Å². The molecule has 3 N–H and O–H groups in total. The van der Waals surface area contributed by atoms with Crippen molar-refractivity contribution >= 4 is 21.6 Å². The third-order valence-electron chi connectivity index (χ3n) is 4.79. The van der Waals surface area contributed by atoms with Crippen LogP contribution in [-0.2, 0) is 14.8 Å². The highest BCUT2D eigenvalue weighted by Crippen LogP contribution is 2.29. The second kappa shape index (κ2) is 8.22. The number of halogens is 1. The first-order valence-electron chi connectivity index (χ1n) is 8.72. The van der Waals surface area contributed by atoms with Crippen molar-refractivity contribution in [3.05, 3.63) is 23.2 Å². The summed E-state index contributed by atoms with van der Waals surface area (Å²) in [5.41, 5.74) is 5.89. The first kappa shape index (κ1) is 18.9. The molecule has 8 heteroatoms. The highest BCUT2D eigenvalue weighted by atomic mass is 35.5. The number of ether oxygens (including phenoxy) is 2. The molecular formula is C17H25ClN2O4S. The third kappa shape index (κ3) is 5.08. The quantitative estimate of drug-likeness (QED) is 0.780. The molecule has 1 unspecified atom stereocenters. The van der Waals surface area contributed by atoms with Gasteiger partial charge in [0.2, 0.25) is 10.0 Å². The lowest BCUT2D eigenvalue weighted by Crippen LogP contribution is -2.40. The topological polar surface area (TPSA) is 90.7 Å². The van der Waals surface area contributed by atoms with Gasteiger partial charge in [-0.05, 0) is 50.3 Å².